The van der Waals surface area contributed by atoms with Gasteiger partial charge in [-0.3, -0.25) is 0 Å². The fourth-order valence-electron chi connectivity index (χ4n) is 2.40. The van der Waals surface area contributed by atoms with Crippen LogP contribution in [0.15, 0.2) is 18.3 Å². The van der Waals surface area contributed by atoms with Gasteiger partial charge >= 0.3 is 6.09 Å². The Hall–Kier alpha value is -1.53. The van der Waals surface area contributed by atoms with Gasteiger partial charge in [0.25, 0.3) is 0 Å². The molecule has 1 aromatic rings. The quantitative estimate of drug-likeness (QED) is 0.888. The van der Waals surface area contributed by atoms with Crippen LogP contribution in [-0.4, -0.2) is 53.9 Å². The van der Waals surface area contributed by atoms with Crippen LogP contribution in [0, 0.1) is 0 Å². The molecule has 2 N–H and O–H groups in total. The monoisotopic (exact) mass is 295 g/mol. The largest absolute Gasteiger partial charge is 0.444 e. The summed E-state index contributed by atoms with van der Waals surface area (Å²) in [6.07, 6.45) is 1.59. The van der Waals surface area contributed by atoms with Crippen LogP contribution in [0.4, 0.5) is 4.79 Å². The van der Waals surface area contributed by atoms with E-state index in [1.165, 1.54) is 0 Å². The van der Waals surface area contributed by atoms with Gasteiger partial charge in [0.15, 0.2) is 0 Å². The fraction of sp³-hybridized carbons (Fsp3) is 0.667. The number of likely N-dealkylation sites (tertiary alicyclic amines) is 1. The minimum absolute atomic E-state index is 0.0209. The van der Waals surface area contributed by atoms with Gasteiger partial charge in [0.05, 0.1) is 18.7 Å². The lowest BCUT2D eigenvalue weighted by atomic mass is 10.2. The molecule has 0 bridgehead atoms. The zero-order valence-corrected chi connectivity index (χ0v) is 13.2. The molecule has 0 aromatic carbocycles. The highest BCUT2D eigenvalue weighted by Gasteiger charge is 2.37. The maximum Gasteiger partial charge on any atom is 0.410 e. The minimum atomic E-state index is -0.477. The lowest BCUT2D eigenvalue weighted by molar-refractivity contribution is 0.0252. The van der Waals surface area contributed by atoms with Gasteiger partial charge in [0.1, 0.15) is 5.60 Å². The first kappa shape index (κ1) is 15.9. The molecule has 1 aromatic heterocycles. The molecule has 2 heterocycles. The van der Waals surface area contributed by atoms with Gasteiger partial charge in [-0.2, -0.15) is 0 Å². The van der Waals surface area contributed by atoms with Crippen LogP contribution < -0.4 is 5.32 Å². The van der Waals surface area contributed by atoms with Crippen molar-refractivity contribution >= 4 is 6.09 Å². The molecule has 21 heavy (non-hydrogen) atoms. The summed E-state index contributed by atoms with van der Waals surface area (Å²) in [6.45, 7) is 7.48. The maximum absolute atomic E-state index is 12.1. The Kier molecular flexibility index (Phi) is 4.90. The van der Waals surface area contributed by atoms with Crippen molar-refractivity contribution in [3.8, 4) is 0 Å². The van der Waals surface area contributed by atoms with E-state index < -0.39 is 5.60 Å². The second-order valence-corrected chi connectivity index (χ2v) is 6.34. The average molecular weight is 295 g/mol. The van der Waals surface area contributed by atoms with Gasteiger partial charge in [-0.15, -0.1) is 0 Å². The highest BCUT2D eigenvalue weighted by atomic mass is 16.6. The summed E-state index contributed by atoms with van der Waals surface area (Å²) in [5.41, 5.74) is 0.635. The Bertz CT molecular complexity index is 453. The Morgan fingerprint density at radius 3 is 2.81 bits per heavy atom. The maximum atomic E-state index is 12.1. The van der Waals surface area contributed by atoms with E-state index >= 15 is 0 Å². The number of ether oxygens (including phenoxy) is 2. The number of amides is 1. The summed E-state index contributed by atoms with van der Waals surface area (Å²) in [6, 6.07) is 4.09. The van der Waals surface area contributed by atoms with Crippen LogP contribution in [0.1, 0.15) is 26.5 Å². The summed E-state index contributed by atoms with van der Waals surface area (Å²) in [5.74, 6) is 0. The van der Waals surface area contributed by atoms with Crippen LogP contribution in [0.2, 0.25) is 0 Å². The van der Waals surface area contributed by atoms with E-state index in [1.807, 2.05) is 39.1 Å². The highest BCUT2D eigenvalue weighted by molar-refractivity contribution is 5.68. The lowest BCUT2D eigenvalue weighted by Crippen LogP contribution is -2.40. The van der Waals surface area contributed by atoms with Gasteiger partial charge < -0.3 is 24.7 Å². The van der Waals surface area contributed by atoms with E-state index in [0.29, 0.717) is 13.1 Å². The number of hydrogen-bond donors (Lipinski definition) is 2. The first-order valence-electron chi connectivity index (χ1n) is 7.25. The molecule has 6 nitrogen and oxygen atoms in total. The summed E-state index contributed by atoms with van der Waals surface area (Å²) in [4.78, 5) is 17.0. The normalized spacial score (nSPS) is 22.6. The van der Waals surface area contributed by atoms with Crippen LogP contribution in [0.25, 0.3) is 0 Å². The number of carbonyl (C=O) groups is 1. The Labute approximate surface area is 125 Å². The third-order valence-electron chi connectivity index (χ3n) is 3.44. The van der Waals surface area contributed by atoms with Gasteiger partial charge in [-0.1, -0.05) is 0 Å². The average Bonchev–Trinajstić information content (AvgIpc) is 3.03. The summed E-state index contributed by atoms with van der Waals surface area (Å²) in [5, 5.41) is 3.43. The standard InChI is InChI=1S/C15H25N3O3/c1-15(2,3)21-14(19)18-9-12(13(10-18)20-4)17-8-11-6-5-7-16-11/h5-7,12-13,16-17H,8-10H2,1-4H3/t12?,13-/m0/s1. The number of nitrogens with zero attached hydrogens (tertiary/aromatic N) is 1. The molecule has 1 fully saturated rings. The molecular weight excluding hydrogens is 270 g/mol. The molecule has 1 unspecified atom stereocenters. The number of aromatic amines is 1. The number of methoxy groups -OCH3 is 1. The highest BCUT2D eigenvalue weighted by Crippen LogP contribution is 2.17. The Morgan fingerprint density at radius 1 is 1.48 bits per heavy atom. The molecule has 0 spiro atoms. The molecule has 0 radical (unpaired) electrons. The molecule has 1 saturated heterocycles. The van der Waals surface area contributed by atoms with Crippen LogP contribution in [0.5, 0.6) is 0 Å². The number of carbonyl (C=O) groups excluding carboxylic acids is 1. The van der Waals surface area contributed by atoms with Gasteiger partial charge in [-0.25, -0.2) is 4.79 Å². The van der Waals surface area contributed by atoms with E-state index in [9.17, 15) is 4.79 Å². The van der Waals surface area contributed by atoms with E-state index in [4.69, 9.17) is 9.47 Å². The predicted molar refractivity (Wildman–Crippen MR) is 80.0 cm³/mol. The Balaban J connectivity index is 1.89. The molecule has 0 saturated carbocycles. The van der Waals surface area contributed by atoms with Crippen molar-refractivity contribution in [2.75, 3.05) is 20.2 Å². The van der Waals surface area contributed by atoms with Gasteiger partial charge in [0.2, 0.25) is 0 Å². The van der Waals surface area contributed by atoms with E-state index in [2.05, 4.69) is 10.3 Å². The fourth-order valence-corrected chi connectivity index (χ4v) is 2.40. The van der Waals surface area contributed by atoms with Crippen molar-refractivity contribution in [1.82, 2.24) is 15.2 Å². The molecule has 6 heteroatoms. The third-order valence-corrected chi connectivity index (χ3v) is 3.44. The molecule has 1 aliphatic heterocycles. The first-order valence-corrected chi connectivity index (χ1v) is 7.25. The Morgan fingerprint density at radius 2 is 2.24 bits per heavy atom. The molecular formula is C15H25N3O3. The van der Waals surface area contributed by atoms with Crippen molar-refractivity contribution in [3.63, 3.8) is 0 Å². The van der Waals surface area contributed by atoms with Crippen LogP contribution >= 0.6 is 0 Å². The summed E-state index contributed by atoms with van der Waals surface area (Å²) in [7, 11) is 1.67. The number of rotatable bonds is 4. The van der Waals surface area contributed by atoms with E-state index in [-0.39, 0.29) is 18.2 Å². The predicted octanol–water partition coefficient (Wildman–Crippen LogP) is 1.74. The summed E-state index contributed by atoms with van der Waals surface area (Å²) >= 11 is 0. The second-order valence-electron chi connectivity index (χ2n) is 6.34. The molecule has 1 aliphatic rings. The van der Waals surface area contributed by atoms with Crippen LogP contribution in [0.3, 0.4) is 0 Å². The van der Waals surface area contributed by atoms with Crippen molar-refractivity contribution in [2.45, 2.75) is 45.1 Å². The number of aromatic nitrogens is 1. The minimum Gasteiger partial charge on any atom is -0.444 e. The zero-order valence-electron chi connectivity index (χ0n) is 13.2. The topological polar surface area (TPSA) is 66.6 Å². The van der Waals surface area contributed by atoms with Crippen molar-refractivity contribution < 1.29 is 14.3 Å². The second kappa shape index (κ2) is 6.49. The van der Waals surface area contributed by atoms with Crippen molar-refractivity contribution in [2.24, 2.45) is 0 Å². The number of hydrogen-bond acceptors (Lipinski definition) is 4. The third kappa shape index (κ3) is 4.47. The van der Waals surface area contributed by atoms with Crippen LogP contribution in [-0.2, 0) is 16.0 Å². The van der Waals surface area contributed by atoms with Gasteiger partial charge in [0, 0.05) is 32.1 Å². The zero-order chi connectivity index (χ0) is 15.5. The SMILES string of the molecule is CO[C@H]1CN(C(=O)OC(C)(C)C)CC1NCc1ccc[nH]1. The van der Waals surface area contributed by atoms with Crippen molar-refractivity contribution in [1.29, 1.82) is 0 Å². The molecule has 1 amide bonds. The van der Waals surface area contributed by atoms with Gasteiger partial charge in [-0.05, 0) is 32.9 Å². The van der Waals surface area contributed by atoms with Crippen molar-refractivity contribution in [3.05, 3.63) is 24.0 Å². The van der Waals surface area contributed by atoms with E-state index in [0.717, 1.165) is 12.2 Å². The number of nitrogens with one attached hydrogen (secondary N) is 2. The van der Waals surface area contributed by atoms with E-state index in [1.54, 1.807) is 12.0 Å². The molecule has 0 aliphatic carbocycles. The smallest absolute Gasteiger partial charge is 0.410 e. The molecule has 2 rings (SSSR count). The first-order chi connectivity index (χ1) is 9.89. The number of H-pyrrole nitrogens is 1. The lowest BCUT2D eigenvalue weighted by Gasteiger charge is -2.24. The molecule has 118 valence electrons. The molecule has 2 atom stereocenters. The summed E-state index contributed by atoms with van der Waals surface area (Å²) < 4.78 is 10.9.